The number of hydrogen-bond donors (Lipinski definition) is 1. The average molecular weight is 216 g/mol. The molecule has 2 aromatic heterocycles. The second kappa shape index (κ2) is 3.35. The summed E-state index contributed by atoms with van der Waals surface area (Å²) >= 11 is 0. The Balaban J connectivity index is 2.32. The van der Waals surface area contributed by atoms with E-state index in [0.717, 1.165) is 21.9 Å². The monoisotopic (exact) mass is 216 g/mol. The SMILES string of the molecule is C[C@H](O)Cn1ncc2ccc3occc3c21. The standard InChI is InChI=1S/C12H12N2O2/c1-8(15)7-14-12-9(6-13-14)2-3-11-10(12)4-5-16-11/h2-6,8,15H,7H2,1H3/t8-/m0/s1. The number of fused-ring (bicyclic) bond motifs is 3. The van der Waals surface area contributed by atoms with Crippen LogP contribution in [-0.4, -0.2) is 21.0 Å². The first-order chi connectivity index (χ1) is 7.75. The van der Waals surface area contributed by atoms with E-state index in [1.165, 1.54) is 0 Å². The van der Waals surface area contributed by atoms with Crippen molar-refractivity contribution in [2.45, 2.75) is 19.6 Å². The molecule has 16 heavy (non-hydrogen) atoms. The van der Waals surface area contributed by atoms with E-state index in [1.807, 2.05) is 29.1 Å². The molecule has 0 aliphatic heterocycles. The van der Waals surface area contributed by atoms with Gasteiger partial charge in [-0.15, -0.1) is 0 Å². The number of benzene rings is 1. The van der Waals surface area contributed by atoms with Crippen LogP contribution in [-0.2, 0) is 6.54 Å². The highest BCUT2D eigenvalue weighted by Crippen LogP contribution is 2.26. The second-order valence-corrected chi connectivity index (χ2v) is 4.01. The Morgan fingerprint density at radius 2 is 2.31 bits per heavy atom. The number of hydrogen-bond acceptors (Lipinski definition) is 3. The highest BCUT2D eigenvalue weighted by molar-refractivity contribution is 6.03. The van der Waals surface area contributed by atoms with Crippen LogP contribution in [0, 0.1) is 0 Å². The lowest BCUT2D eigenvalue weighted by Gasteiger charge is -2.06. The van der Waals surface area contributed by atoms with E-state index in [4.69, 9.17) is 4.42 Å². The van der Waals surface area contributed by atoms with E-state index < -0.39 is 6.10 Å². The number of aliphatic hydroxyl groups excluding tert-OH is 1. The van der Waals surface area contributed by atoms with Gasteiger partial charge in [0.15, 0.2) is 0 Å². The highest BCUT2D eigenvalue weighted by atomic mass is 16.3. The summed E-state index contributed by atoms with van der Waals surface area (Å²) in [6.07, 6.45) is 3.07. The van der Waals surface area contributed by atoms with E-state index in [-0.39, 0.29) is 0 Å². The molecule has 4 heteroatoms. The molecule has 0 aliphatic rings. The maximum atomic E-state index is 9.42. The number of rotatable bonds is 2. The lowest BCUT2D eigenvalue weighted by atomic mass is 10.2. The normalized spacial score (nSPS) is 13.6. The van der Waals surface area contributed by atoms with Gasteiger partial charge in [0.25, 0.3) is 0 Å². The second-order valence-electron chi connectivity index (χ2n) is 4.01. The smallest absolute Gasteiger partial charge is 0.136 e. The Kier molecular flexibility index (Phi) is 1.97. The summed E-state index contributed by atoms with van der Waals surface area (Å²) in [6, 6.07) is 5.84. The molecule has 0 unspecified atom stereocenters. The molecular weight excluding hydrogens is 204 g/mol. The molecule has 3 rings (SSSR count). The highest BCUT2D eigenvalue weighted by Gasteiger charge is 2.10. The average Bonchev–Trinajstić information content (AvgIpc) is 2.82. The predicted molar refractivity (Wildman–Crippen MR) is 61.2 cm³/mol. The lowest BCUT2D eigenvalue weighted by Crippen LogP contribution is -2.12. The first-order valence-corrected chi connectivity index (χ1v) is 5.25. The van der Waals surface area contributed by atoms with E-state index in [2.05, 4.69) is 5.10 Å². The maximum Gasteiger partial charge on any atom is 0.136 e. The van der Waals surface area contributed by atoms with Crippen molar-refractivity contribution in [2.24, 2.45) is 0 Å². The van der Waals surface area contributed by atoms with Gasteiger partial charge < -0.3 is 9.52 Å². The molecule has 0 saturated carbocycles. The molecule has 82 valence electrons. The first-order valence-electron chi connectivity index (χ1n) is 5.25. The Bertz CT molecular complexity index is 637. The van der Waals surface area contributed by atoms with Crippen molar-refractivity contribution in [3.05, 3.63) is 30.7 Å². The van der Waals surface area contributed by atoms with Gasteiger partial charge in [0.2, 0.25) is 0 Å². The molecule has 0 saturated heterocycles. The van der Waals surface area contributed by atoms with E-state index in [0.29, 0.717) is 6.54 Å². The summed E-state index contributed by atoms with van der Waals surface area (Å²) < 4.78 is 7.17. The molecule has 0 aliphatic carbocycles. The Morgan fingerprint density at radius 1 is 1.44 bits per heavy atom. The minimum Gasteiger partial charge on any atom is -0.464 e. The van der Waals surface area contributed by atoms with Crippen molar-refractivity contribution in [3.8, 4) is 0 Å². The number of furan rings is 1. The molecular formula is C12H12N2O2. The van der Waals surface area contributed by atoms with Crippen molar-refractivity contribution >= 4 is 21.9 Å². The lowest BCUT2D eigenvalue weighted by molar-refractivity contribution is 0.170. The van der Waals surface area contributed by atoms with E-state index in [1.54, 1.807) is 13.2 Å². The molecule has 0 fully saturated rings. The van der Waals surface area contributed by atoms with Crippen LogP contribution < -0.4 is 0 Å². The maximum absolute atomic E-state index is 9.42. The third-order valence-electron chi connectivity index (χ3n) is 2.67. The zero-order valence-electron chi connectivity index (χ0n) is 8.92. The topological polar surface area (TPSA) is 51.2 Å². The van der Waals surface area contributed by atoms with Gasteiger partial charge >= 0.3 is 0 Å². The largest absolute Gasteiger partial charge is 0.464 e. The van der Waals surface area contributed by atoms with Crippen molar-refractivity contribution < 1.29 is 9.52 Å². The summed E-state index contributed by atoms with van der Waals surface area (Å²) in [4.78, 5) is 0. The Labute approximate surface area is 92.1 Å². The van der Waals surface area contributed by atoms with Crippen LogP contribution in [0.2, 0.25) is 0 Å². The molecule has 1 N–H and O–H groups in total. The van der Waals surface area contributed by atoms with Gasteiger partial charge in [-0.05, 0) is 25.1 Å². The van der Waals surface area contributed by atoms with E-state index in [9.17, 15) is 5.11 Å². The molecule has 1 atom stereocenters. The van der Waals surface area contributed by atoms with Gasteiger partial charge in [0, 0.05) is 10.8 Å². The van der Waals surface area contributed by atoms with Crippen LogP contribution in [0.25, 0.3) is 21.9 Å². The predicted octanol–water partition coefficient (Wildman–Crippen LogP) is 2.16. The summed E-state index contributed by atoms with van der Waals surface area (Å²) in [5.74, 6) is 0. The van der Waals surface area contributed by atoms with Gasteiger partial charge in [0.1, 0.15) is 5.58 Å². The zero-order valence-corrected chi connectivity index (χ0v) is 8.92. The minimum atomic E-state index is -0.412. The van der Waals surface area contributed by atoms with Gasteiger partial charge in [-0.3, -0.25) is 4.68 Å². The third kappa shape index (κ3) is 1.31. The quantitative estimate of drug-likeness (QED) is 0.714. The molecule has 0 spiro atoms. The molecule has 0 amide bonds. The van der Waals surface area contributed by atoms with Gasteiger partial charge in [-0.2, -0.15) is 5.10 Å². The molecule has 0 radical (unpaired) electrons. The fourth-order valence-corrected chi connectivity index (χ4v) is 2.02. The fraction of sp³-hybridized carbons (Fsp3) is 0.250. The first kappa shape index (κ1) is 9.42. The molecule has 0 bridgehead atoms. The van der Waals surface area contributed by atoms with Crippen LogP contribution in [0.4, 0.5) is 0 Å². The van der Waals surface area contributed by atoms with Crippen molar-refractivity contribution in [3.63, 3.8) is 0 Å². The van der Waals surface area contributed by atoms with E-state index >= 15 is 0 Å². The minimum absolute atomic E-state index is 0.412. The van der Waals surface area contributed by atoms with Crippen molar-refractivity contribution in [2.75, 3.05) is 0 Å². The molecule has 2 heterocycles. The van der Waals surface area contributed by atoms with Crippen LogP contribution >= 0.6 is 0 Å². The molecule has 1 aromatic carbocycles. The Morgan fingerprint density at radius 3 is 3.12 bits per heavy atom. The number of aliphatic hydroxyl groups is 1. The zero-order chi connectivity index (χ0) is 11.1. The van der Waals surface area contributed by atoms with Crippen molar-refractivity contribution in [1.82, 2.24) is 9.78 Å². The van der Waals surface area contributed by atoms with Gasteiger partial charge in [-0.25, -0.2) is 0 Å². The third-order valence-corrected chi connectivity index (χ3v) is 2.67. The molecule has 3 aromatic rings. The van der Waals surface area contributed by atoms with Gasteiger partial charge in [0.05, 0.1) is 30.6 Å². The Hall–Kier alpha value is -1.81. The number of nitrogens with zero attached hydrogens (tertiary/aromatic N) is 2. The van der Waals surface area contributed by atoms with Crippen LogP contribution in [0.1, 0.15) is 6.92 Å². The van der Waals surface area contributed by atoms with Gasteiger partial charge in [-0.1, -0.05) is 0 Å². The van der Waals surface area contributed by atoms with Crippen molar-refractivity contribution in [1.29, 1.82) is 0 Å². The number of aromatic nitrogens is 2. The van der Waals surface area contributed by atoms with Crippen LogP contribution in [0.5, 0.6) is 0 Å². The van der Waals surface area contributed by atoms with Crippen LogP contribution in [0.3, 0.4) is 0 Å². The summed E-state index contributed by atoms with van der Waals surface area (Å²) in [6.45, 7) is 2.25. The fourth-order valence-electron chi connectivity index (χ4n) is 2.02. The molecule has 4 nitrogen and oxygen atoms in total. The summed E-state index contributed by atoms with van der Waals surface area (Å²) in [5, 5.41) is 15.8. The summed E-state index contributed by atoms with van der Waals surface area (Å²) in [5.41, 5.74) is 1.87. The summed E-state index contributed by atoms with van der Waals surface area (Å²) in [7, 11) is 0. The van der Waals surface area contributed by atoms with Crippen LogP contribution in [0.15, 0.2) is 35.1 Å².